The van der Waals surface area contributed by atoms with Crippen LogP contribution in [0.25, 0.3) is 0 Å². The van der Waals surface area contributed by atoms with Crippen molar-refractivity contribution < 1.29 is 14.3 Å². The predicted molar refractivity (Wildman–Crippen MR) is 112 cm³/mol. The van der Waals surface area contributed by atoms with Crippen LogP contribution in [0.4, 0.5) is 5.95 Å². The van der Waals surface area contributed by atoms with Crippen molar-refractivity contribution in [2.24, 2.45) is 5.92 Å². The molecule has 0 radical (unpaired) electrons. The largest absolute Gasteiger partial charge is 0.497 e. The first-order chi connectivity index (χ1) is 14.6. The summed E-state index contributed by atoms with van der Waals surface area (Å²) >= 11 is 0. The zero-order valence-corrected chi connectivity index (χ0v) is 16.8. The van der Waals surface area contributed by atoms with Crippen molar-refractivity contribution in [2.75, 3.05) is 19.5 Å². The summed E-state index contributed by atoms with van der Waals surface area (Å²) in [4.78, 5) is 17.6. The van der Waals surface area contributed by atoms with Crippen LogP contribution >= 0.6 is 0 Å². The molecular weight excluding hydrogens is 382 g/mol. The minimum atomic E-state index is -0.635. The van der Waals surface area contributed by atoms with Crippen LogP contribution in [-0.2, 0) is 11.3 Å². The smallest absolute Gasteiger partial charge is 0.231 e. The number of carbonyl (C=O) groups excluding carboxylic acids is 1. The lowest BCUT2D eigenvalue weighted by Gasteiger charge is -2.34. The Bertz CT molecular complexity index is 1060. The molecule has 2 aromatic carbocycles. The van der Waals surface area contributed by atoms with E-state index in [-0.39, 0.29) is 5.91 Å². The molecule has 0 bridgehead atoms. The Labute approximate surface area is 174 Å². The Morgan fingerprint density at radius 2 is 2.00 bits per heavy atom. The van der Waals surface area contributed by atoms with E-state index in [1.54, 1.807) is 18.9 Å². The van der Waals surface area contributed by atoms with E-state index in [1.807, 2.05) is 48.5 Å². The molecule has 0 fully saturated rings. The normalized spacial score (nSPS) is 17.6. The number of hydrogen-bond donors (Lipinski definition) is 2. The molecule has 2 heterocycles. The van der Waals surface area contributed by atoms with Crippen LogP contribution < -0.4 is 20.1 Å². The van der Waals surface area contributed by atoms with E-state index in [0.29, 0.717) is 29.7 Å². The van der Waals surface area contributed by atoms with Crippen LogP contribution in [0.1, 0.15) is 17.2 Å². The number of benzene rings is 2. The molecular formula is C22H23N5O3. The van der Waals surface area contributed by atoms with Gasteiger partial charge in [0.1, 0.15) is 29.8 Å². The molecule has 0 saturated carbocycles. The highest BCUT2D eigenvalue weighted by atomic mass is 16.5. The highest BCUT2D eigenvalue weighted by molar-refractivity contribution is 5.84. The van der Waals surface area contributed by atoms with Gasteiger partial charge < -0.3 is 20.1 Å². The molecule has 2 N–H and O–H groups in total. The second-order valence-corrected chi connectivity index (χ2v) is 6.91. The van der Waals surface area contributed by atoms with Crippen LogP contribution in [0, 0.1) is 5.92 Å². The van der Waals surface area contributed by atoms with Crippen LogP contribution in [0.2, 0.25) is 0 Å². The first kappa shape index (κ1) is 19.5. The molecule has 1 aliphatic rings. The number of carbonyl (C=O) groups is 1. The molecule has 2 atom stereocenters. The SMILES string of the molecule is C=C1Nc2ncnn2[C@H](c2cc(OC)ccc2OC)[C@H]1C(=O)NCc1ccccc1. The number of fused-ring (bicyclic) bond motifs is 1. The Kier molecular flexibility index (Phi) is 5.38. The number of amides is 1. The van der Waals surface area contributed by atoms with Gasteiger partial charge in [-0.3, -0.25) is 4.79 Å². The third kappa shape index (κ3) is 3.59. The molecule has 0 aliphatic carbocycles. The number of anilines is 1. The molecule has 8 heteroatoms. The molecule has 1 aromatic heterocycles. The number of nitrogens with zero attached hydrogens (tertiary/aromatic N) is 3. The van der Waals surface area contributed by atoms with Crippen molar-refractivity contribution in [1.29, 1.82) is 0 Å². The van der Waals surface area contributed by atoms with E-state index < -0.39 is 12.0 Å². The van der Waals surface area contributed by atoms with Crippen LogP contribution in [0.5, 0.6) is 11.5 Å². The number of methoxy groups -OCH3 is 2. The van der Waals surface area contributed by atoms with Gasteiger partial charge in [-0.05, 0) is 23.8 Å². The topological polar surface area (TPSA) is 90.3 Å². The Morgan fingerprint density at radius 1 is 1.20 bits per heavy atom. The van der Waals surface area contributed by atoms with E-state index >= 15 is 0 Å². The fourth-order valence-electron chi connectivity index (χ4n) is 3.67. The van der Waals surface area contributed by atoms with Gasteiger partial charge in [-0.15, -0.1) is 0 Å². The molecule has 30 heavy (non-hydrogen) atoms. The fraction of sp³-hybridized carbons (Fsp3) is 0.227. The standard InChI is InChI=1S/C22H23N5O3/c1-14-19(21(28)23-12-15-7-5-4-6-8-15)20(27-22(26-14)24-13-25-27)17-11-16(29-2)9-10-18(17)30-3/h4-11,13,19-20H,1,12H2,2-3H3,(H,23,28)(H,24,25,26)/t19-,20+/m0/s1. The van der Waals surface area contributed by atoms with Gasteiger partial charge >= 0.3 is 0 Å². The second kappa shape index (κ2) is 8.28. The van der Waals surface area contributed by atoms with Crippen LogP contribution in [0.15, 0.2) is 67.1 Å². The molecule has 3 aromatic rings. The summed E-state index contributed by atoms with van der Waals surface area (Å²) in [6.45, 7) is 4.51. The molecule has 1 aliphatic heterocycles. The molecule has 0 unspecified atom stereocenters. The van der Waals surface area contributed by atoms with Gasteiger partial charge in [0.15, 0.2) is 0 Å². The van der Waals surface area contributed by atoms with Crippen molar-refractivity contribution in [3.63, 3.8) is 0 Å². The number of rotatable bonds is 6. The molecule has 0 saturated heterocycles. The van der Waals surface area contributed by atoms with E-state index in [4.69, 9.17) is 9.47 Å². The van der Waals surface area contributed by atoms with Gasteiger partial charge in [0.05, 0.1) is 14.2 Å². The second-order valence-electron chi connectivity index (χ2n) is 6.91. The predicted octanol–water partition coefficient (Wildman–Crippen LogP) is 2.76. The molecule has 0 spiro atoms. The summed E-state index contributed by atoms with van der Waals surface area (Å²) in [7, 11) is 3.19. The van der Waals surface area contributed by atoms with Gasteiger partial charge in [-0.2, -0.15) is 10.1 Å². The van der Waals surface area contributed by atoms with Crippen molar-refractivity contribution in [3.8, 4) is 11.5 Å². The zero-order valence-electron chi connectivity index (χ0n) is 16.8. The third-order valence-corrected chi connectivity index (χ3v) is 5.15. The summed E-state index contributed by atoms with van der Waals surface area (Å²) in [6, 6.07) is 14.7. The number of hydrogen-bond acceptors (Lipinski definition) is 6. The highest BCUT2D eigenvalue weighted by Gasteiger charge is 2.41. The summed E-state index contributed by atoms with van der Waals surface area (Å²) < 4.78 is 12.7. The van der Waals surface area contributed by atoms with Crippen molar-refractivity contribution in [2.45, 2.75) is 12.6 Å². The van der Waals surface area contributed by atoms with Crippen molar-refractivity contribution >= 4 is 11.9 Å². The minimum Gasteiger partial charge on any atom is -0.497 e. The highest BCUT2D eigenvalue weighted by Crippen LogP contribution is 2.42. The minimum absolute atomic E-state index is 0.174. The maximum Gasteiger partial charge on any atom is 0.231 e. The Hall–Kier alpha value is -3.81. The van der Waals surface area contributed by atoms with Crippen LogP contribution in [0.3, 0.4) is 0 Å². The van der Waals surface area contributed by atoms with E-state index in [9.17, 15) is 4.79 Å². The van der Waals surface area contributed by atoms with Gasteiger partial charge in [0, 0.05) is 17.8 Å². The van der Waals surface area contributed by atoms with Crippen molar-refractivity contribution in [3.05, 3.63) is 78.3 Å². The number of aromatic nitrogens is 3. The average molecular weight is 405 g/mol. The molecule has 4 rings (SSSR count). The van der Waals surface area contributed by atoms with E-state index in [2.05, 4.69) is 27.3 Å². The first-order valence-electron chi connectivity index (χ1n) is 9.51. The Balaban J connectivity index is 1.73. The van der Waals surface area contributed by atoms with Crippen molar-refractivity contribution in [1.82, 2.24) is 20.1 Å². The molecule has 1 amide bonds. The van der Waals surface area contributed by atoms with Gasteiger partial charge in [0.2, 0.25) is 11.9 Å². The van der Waals surface area contributed by atoms with E-state index in [0.717, 1.165) is 11.1 Å². The number of ether oxygens (including phenoxy) is 2. The maximum atomic E-state index is 13.3. The van der Waals surface area contributed by atoms with Gasteiger partial charge in [-0.25, -0.2) is 4.68 Å². The number of nitrogens with one attached hydrogen (secondary N) is 2. The lowest BCUT2D eigenvalue weighted by molar-refractivity contribution is -0.125. The maximum absolute atomic E-state index is 13.3. The molecule has 8 nitrogen and oxygen atoms in total. The lowest BCUT2D eigenvalue weighted by Crippen LogP contribution is -2.42. The third-order valence-electron chi connectivity index (χ3n) is 5.15. The quantitative estimate of drug-likeness (QED) is 0.655. The van der Waals surface area contributed by atoms with Gasteiger partial charge in [0.25, 0.3) is 0 Å². The Morgan fingerprint density at radius 3 is 2.73 bits per heavy atom. The lowest BCUT2D eigenvalue weighted by atomic mass is 9.87. The fourth-order valence-corrected chi connectivity index (χ4v) is 3.67. The van der Waals surface area contributed by atoms with Gasteiger partial charge in [-0.1, -0.05) is 36.9 Å². The first-order valence-corrected chi connectivity index (χ1v) is 9.51. The molecule has 154 valence electrons. The average Bonchev–Trinajstić information content (AvgIpc) is 3.24. The summed E-state index contributed by atoms with van der Waals surface area (Å²) in [5.41, 5.74) is 2.30. The van der Waals surface area contributed by atoms with Crippen LogP contribution in [-0.4, -0.2) is 34.9 Å². The summed E-state index contributed by atoms with van der Waals surface area (Å²) in [6.07, 6.45) is 1.44. The van der Waals surface area contributed by atoms with E-state index in [1.165, 1.54) is 6.33 Å². The zero-order chi connectivity index (χ0) is 21.1. The monoisotopic (exact) mass is 405 g/mol. The summed E-state index contributed by atoms with van der Waals surface area (Å²) in [5, 5.41) is 10.5. The summed E-state index contributed by atoms with van der Waals surface area (Å²) in [5.74, 6) is 0.983.